The van der Waals surface area contributed by atoms with Crippen molar-refractivity contribution in [3.05, 3.63) is 0 Å². The topological polar surface area (TPSA) is 30.9 Å². The molecule has 0 aliphatic carbocycles. The van der Waals surface area contributed by atoms with Crippen molar-refractivity contribution < 1.29 is 14.2 Å². The first-order chi connectivity index (χ1) is 11.7. The molecule has 0 saturated carbocycles. The minimum Gasteiger partial charge on any atom is -0.381 e. The van der Waals surface area contributed by atoms with Gasteiger partial charge in [0, 0.05) is 32.9 Å². The van der Waals surface area contributed by atoms with Crippen molar-refractivity contribution in [2.45, 2.75) is 97.4 Å². The first-order valence-corrected chi connectivity index (χ1v) is 10.3. The number of likely N-dealkylation sites (tertiary alicyclic amines) is 1. The van der Waals surface area contributed by atoms with Gasteiger partial charge in [0.05, 0.1) is 17.3 Å². The fourth-order valence-corrected chi connectivity index (χ4v) is 2.96. The van der Waals surface area contributed by atoms with E-state index in [-0.39, 0.29) is 11.2 Å². The summed E-state index contributed by atoms with van der Waals surface area (Å²) in [6, 6.07) is 0. The Morgan fingerprint density at radius 2 is 1.28 bits per heavy atom. The van der Waals surface area contributed by atoms with Crippen LogP contribution in [0, 0.1) is 0 Å². The standard InChI is InChI=1S/C21H43NO3/c1-20(2,3)24-16-12-8-11-15-23-14-10-7-9-13-22-17-19(18-22)25-21(4,5)6/h19H,7-18H2,1-6H3. The molecule has 1 fully saturated rings. The molecule has 0 atom stereocenters. The zero-order chi connectivity index (χ0) is 18.8. The highest BCUT2D eigenvalue weighted by Crippen LogP contribution is 2.19. The molecule has 4 nitrogen and oxygen atoms in total. The minimum atomic E-state index is -0.00687. The lowest BCUT2D eigenvalue weighted by Gasteiger charge is -2.42. The maximum Gasteiger partial charge on any atom is 0.0835 e. The molecule has 0 amide bonds. The maximum atomic E-state index is 5.96. The van der Waals surface area contributed by atoms with E-state index < -0.39 is 0 Å². The summed E-state index contributed by atoms with van der Waals surface area (Å²) in [5.74, 6) is 0. The van der Waals surface area contributed by atoms with Crippen LogP contribution in [-0.2, 0) is 14.2 Å². The third-order valence-electron chi connectivity index (χ3n) is 4.17. The molecule has 1 aliphatic rings. The van der Waals surface area contributed by atoms with Crippen LogP contribution in [-0.4, -0.2) is 61.7 Å². The minimum absolute atomic E-state index is 0.00624. The molecule has 1 saturated heterocycles. The second kappa shape index (κ2) is 11.5. The Kier molecular flexibility index (Phi) is 10.6. The lowest BCUT2D eigenvalue weighted by atomic mass is 10.1. The average Bonchev–Trinajstić information content (AvgIpc) is 2.42. The third-order valence-corrected chi connectivity index (χ3v) is 4.17. The van der Waals surface area contributed by atoms with Gasteiger partial charge in [-0.1, -0.05) is 0 Å². The van der Waals surface area contributed by atoms with Crippen molar-refractivity contribution in [1.29, 1.82) is 0 Å². The summed E-state index contributed by atoms with van der Waals surface area (Å²) in [4.78, 5) is 2.50. The van der Waals surface area contributed by atoms with Crippen LogP contribution in [0.25, 0.3) is 0 Å². The summed E-state index contributed by atoms with van der Waals surface area (Å²) < 4.78 is 17.4. The van der Waals surface area contributed by atoms with Gasteiger partial charge in [-0.2, -0.15) is 0 Å². The maximum absolute atomic E-state index is 5.96. The van der Waals surface area contributed by atoms with Gasteiger partial charge in [0.15, 0.2) is 0 Å². The molecule has 0 N–H and O–H groups in total. The molecule has 0 aromatic carbocycles. The molecule has 150 valence electrons. The Balaban J connectivity index is 1.76. The van der Waals surface area contributed by atoms with Gasteiger partial charge in [0.25, 0.3) is 0 Å². The van der Waals surface area contributed by atoms with Crippen molar-refractivity contribution in [2.24, 2.45) is 0 Å². The summed E-state index contributed by atoms with van der Waals surface area (Å²) in [5, 5.41) is 0. The van der Waals surface area contributed by atoms with Gasteiger partial charge in [0.1, 0.15) is 0 Å². The number of hydrogen-bond acceptors (Lipinski definition) is 4. The van der Waals surface area contributed by atoms with E-state index in [0.717, 1.165) is 45.8 Å². The first kappa shape index (κ1) is 22.9. The SMILES string of the molecule is CC(C)(C)OCCCCCOCCCCCN1CC(OC(C)(C)C)C1. The molecule has 0 spiro atoms. The summed E-state index contributed by atoms with van der Waals surface area (Å²) in [5.41, 5.74) is -0.0131. The molecule has 0 aromatic rings. The number of ether oxygens (including phenoxy) is 3. The van der Waals surface area contributed by atoms with E-state index in [9.17, 15) is 0 Å². The highest BCUT2D eigenvalue weighted by molar-refractivity contribution is 4.82. The second-order valence-electron chi connectivity index (χ2n) is 9.31. The number of unbranched alkanes of at least 4 members (excludes halogenated alkanes) is 4. The molecular formula is C21H43NO3. The number of nitrogens with zero attached hydrogens (tertiary/aromatic N) is 1. The summed E-state index contributed by atoms with van der Waals surface area (Å²) in [6.45, 7) is 18.8. The van der Waals surface area contributed by atoms with Crippen LogP contribution in [0.2, 0.25) is 0 Å². The Morgan fingerprint density at radius 3 is 1.84 bits per heavy atom. The van der Waals surface area contributed by atoms with E-state index in [2.05, 4.69) is 46.4 Å². The molecule has 0 radical (unpaired) electrons. The van der Waals surface area contributed by atoms with E-state index in [4.69, 9.17) is 14.2 Å². The Morgan fingerprint density at radius 1 is 0.720 bits per heavy atom. The molecule has 0 unspecified atom stereocenters. The van der Waals surface area contributed by atoms with Gasteiger partial charge in [-0.15, -0.1) is 0 Å². The lowest BCUT2D eigenvalue weighted by Crippen LogP contribution is -2.54. The van der Waals surface area contributed by atoms with Crippen LogP contribution in [0.1, 0.15) is 80.1 Å². The monoisotopic (exact) mass is 357 g/mol. The second-order valence-corrected chi connectivity index (χ2v) is 9.31. The molecule has 25 heavy (non-hydrogen) atoms. The quantitative estimate of drug-likeness (QED) is 0.449. The lowest BCUT2D eigenvalue weighted by molar-refractivity contribution is -0.124. The van der Waals surface area contributed by atoms with Crippen LogP contribution in [0.5, 0.6) is 0 Å². The summed E-state index contributed by atoms with van der Waals surface area (Å²) >= 11 is 0. The molecule has 1 rings (SSSR count). The van der Waals surface area contributed by atoms with Crippen molar-refractivity contribution >= 4 is 0 Å². The van der Waals surface area contributed by atoms with Crippen LogP contribution in [0.4, 0.5) is 0 Å². The fourth-order valence-electron chi connectivity index (χ4n) is 2.96. The zero-order valence-electron chi connectivity index (χ0n) is 17.7. The van der Waals surface area contributed by atoms with E-state index in [1.54, 1.807) is 0 Å². The predicted molar refractivity (Wildman–Crippen MR) is 105 cm³/mol. The van der Waals surface area contributed by atoms with E-state index in [0.29, 0.717) is 6.10 Å². The molecule has 1 aliphatic heterocycles. The van der Waals surface area contributed by atoms with Crippen molar-refractivity contribution in [1.82, 2.24) is 4.90 Å². The van der Waals surface area contributed by atoms with E-state index in [1.165, 1.54) is 32.2 Å². The molecule has 1 heterocycles. The smallest absolute Gasteiger partial charge is 0.0835 e. The summed E-state index contributed by atoms with van der Waals surface area (Å²) in [7, 11) is 0. The predicted octanol–water partition coefficient (Wildman–Crippen LogP) is 4.66. The van der Waals surface area contributed by atoms with E-state index in [1.807, 2.05) is 0 Å². The highest BCUT2D eigenvalue weighted by Gasteiger charge is 2.30. The first-order valence-electron chi connectivity index (χ1n) is 10.3. The number of rotatable bonds is 13. The number of hydrogen-bond donors (Lipinski definition) is 0. The van der Waals surface area contributed by atoms with Gasteiger partial charge in [-0.3, -0.25) is 4.90 Å². The zero-order valence-corrected chi connectivity index (χ0v) is 17.7. The molecule has 0 bridgehead atoms. The molecule has 0 aromatic heterocycles. The highest BCUT2D eigenvalue weighted by atomic mass is 16.5. The Labute approximate surface area is 156 Å². The van der Waals surface area contributed by atoms with Crippen LogP contribution in [0.3, 0.4) is 0 Å². The van der Waals surface area contributed by atoms with E-state index >= 15 is 0 Å². The molecular weight excluding hydrogens is 314 g/mol. The van der Waals surface area contributed by atoms with Gasteiger partial charge in [-0.25, -0.2) is 0 Å². The molecule has 4 heteroatoms. The van der Waals surface area contributed by atoms with Crippen LogP contribution < -0.4 is 0 Å². The Hall–Kier alpha value is -0.160. The van der Waals surface area contributed by atoms with Crippen LogP contribution in [0.15, 0.2) is 0 Å². The van der Waals surface area contributed by atoms with Gasteiger partial charge in [0.2, 0.25) is 0 Å². The van der Waals surface area contributed by atoms with Crippen molar-refractivity contribution in [3.8, 4) is 0 Å². The van der Waals surface area contributed by atoms with Gasteiger partial charge < -0.3 is 14.2 Å². The summed E-state index contributed by atoms with van der Waals surface area (Å²) in [6.07, 6.45) is 7.65. The average molecular weight is 358 g/mol. The van der Waals surface area contributed by atoms with Gasteiger partial charge >= 0.3 is 0 Å². The fraction of sp³-hybridized carbons (Fsp3) is 1.00. The largest absolute Gasteiger partial charge is 0.381 e. The van der Waals surface area contributed by atoms with Crippen molar-refractivity contribution in [2.75, 3.05) is 39.5 Å². The Bertz CT molecular complexity index is 327. The normalized spacial score (nSPS) is 17.0. The van der Waals surface area contributed by atoms with Crippen molar-refractivity contribution in [3.63, 3.8) is 0 Å². The third kappa shape index (κ3) is 13.7. The van der Waals surface area contributed by atoms with Gasteiger partial charge in [-0.05, 0) is 86.6 Å². The van der Waals surface area contributed by atoms with Crippen LogP contribution >= 0.6 is 0 Å².